The van der Waals surface area contributed by atoms with Crippen LogP contribution in [0.3, 0.4) is 0 Å². The Morgan fingerprint density at radius 1 is 1.26 bits per heavy atom. The number of aryl methyl sites for hydroxylation is 1. The fourth-order valence-electron chi connectivity index (χ4n) is 6.16. The number of nitriles is 1. The highest BCUT2D eigenvalue weighted by molar-refractivity contribution is 6.35. The average molecular weight is 595 g/mol. The zero-order valence-corrected chi connectivity index (χ0v) is 25.5. The Morgan fingerprint density at radius 3 is 2.67 bits per heavy atom. The van der Waals surface area contributed by atoms with Crippen molar-refractivity contribution in [3.05, 3.63) is 87.2 Å². The number of nitrogens with one attached hydrogen (secondary N) is 4. The lowest BCUT2D eigenvalue weighted by molar-refractivity contribution is -0.0401. The fraction of sp³-hybridized carbons (Fsp3) is 0.364. The van der Waals surface area contributed by atoms with Crippen LogP contribution < -0.4 is 21.5 Å². The molecule has 1 atom stereocenters. The molecule has 9 nitrogen and oxygen atoms in total. The van der Waals surface area contributed by atoms with Gasteiger partial charge in [0.15, 0.2) is 0 Å². The van der Waals surface area contributed by atoms with Crippen LogP contribution in [0.2, 0.25) is 5.02 Å². The molecular formula is C33H35ClN8O. The third kappa shape index (κ3) is 5.32. The van der Waals surface area contributed by atoms with Crippen LogP contribution in [0.5, 0.6) is 0 Å². The van der Waals surface area contributed by atoms with E-state index in [1.807, 2.05) is 36.5 Å². The first-order chi connectivity index (χ1) is 20.5. The summed E-state index contributed by atoms with van der Waals surface area (Å²) < 4.78 is 1.56. The van der Waals surface area contributed by atoms with Crippen LogP contribution in [-0.2, 0) is 7.05 Å². The van der Waals surface area contributed by atoms with E-state index >= 15 is 0 Å². The van der Waals surface area contributed by atoms with Crippen molar-refractivity contribution in [3.8, 4) is 6.07 Å². The van der Waals surface area contributed by atoms with Crippen molar-refractivity contribution in [1.29, 1.82) is 10.8 Å². The van der Waals surface area contributed by atoms with Crippen molar-refractivity contribution in [2.75, 3.05) is 17.2 Å². The lowest BCUT2D eigenvalue weighted by Crippen LogP contribution is -2.65. The number of pyridine rings is 2. The molecule has 10 heteroatoms. The van der Waals surface area contributed by atoms with Gasteiger partial charge in [-0.2, -0.15) is 10.4 Å². The molecule has 2 aromatic heterocycles. The van der Waals surface area contributed by atoms with Crippen molar-refractivity contribution < 1.29 is 0 Å². The molecule has 3 saturated carbocycles. The molecule has 7 rings (SSSR count). The summed E-state index contributed by atoms with van der Waals surface area (Å²) >= 11 is 6.80. The quantitative estimate of drug-likeness (QED) is 0.151. The van der Waals surface area contributed by atoms with Crippen LogP contribution in [0.25, 0.3) is 21.7 Å². The van der Waals surface area contributed by atoms with Crippen molar-refractivity contribution in [2.45, 2.75) is 51.6 Å². The summed E-state index contributed by atoms with van der Waals surface area (Å²) in [5, 5.41) is 26.9. The number of hydrogen-bond acceptors (Lipinski definition) is 8. The van der Waals surface area contributed by atoms with Crippen molar-refractivity contribution >= 4 is 44.7 Å². The topological polar surface area (TPSA) is 131 Å². The molecule has 3 aliphatic rings. The number of hydrogen-bond donors (Lipinski definition) is 4. The highest BCUT2D eigenvalue weighted by Crippen LogP contribution is 2.57. The van der Waals surface area contributed by atoms with Gasteiger partial charge in [0.2, 0.25) is 0 Å². The largest absolute Gasteiger partial charge is 0.384 e. The van der Waals surface area contributed by atoms with E-state index in [2.05, 4.69) is 52.9 Å². The van der Waals surface area contributed by atoms with Gasteiger partial charge in [-0.3, -0.25) is 9.78 Å². The lowest BCUT2D eigenvalue weighted by Gasteiger charge is -2.62. The van der Waals surface area contributed by atoms with E-state index in [-0.39, 0.29) is 16.5 Å². The number of fused-ring (bicyclic) bond motifs is 2. The SMILES string of the molecule is Cn1ccc2c([C@H](Nc3cc(Cl)c4ncc(C#N)c(NCC(C)(C)C)c4c3)/C(=C/NC34CC(C3)C4)N=N)cccc2c1=O. The predicted octanol–water partition coefficient (Wildman–Crippen LogP) is 7.24. The summed E-state index contributed by atoms with van der Waals surface area (Å²) in [4.78, 5) is 17.5. The summed E-state index contributed by atoms with van der Waals surface area (Å²) in [6, 6.07) is 12.9. The molecule has 4 aromatic rings. The van der Waals surface area contributed by atoms with Crippen molar-refractivity contribution in [2.24, 2.45) is 23.5 Å². The number of aromatic nitrogens is 2. The lowest BCUT2D eigenvalue weighted by atomic mass is 9.50. The minimum Gasteiger partial charge on any atom is -0.384 e. The van der Waals surface area contributed by atoms with E-state index in [0.717, 1.165) is 36.1 Å². The Hall–Kier alpha value is -4.42. The highest BCUT2D eigenvalue weighted by Gasteiger charge is 2.56. The van der Waals surface area contributed by atoms with Gasteiger partial charge in [-0.05, 0) is 65.8 Å². The van der Waals surface area contributed by atoms with E-state index in [4.69, 9.17) is 17.1 Å². The van der Waals surface area contributed by atoms with Gasteiger partial charge >= 0.3 is 0 Å². The molecule has 0 saturated heterocycles. The summed E-state index contributed by atoms with van der Waals surface area (Å²) in [5.74, 6) is 0.799. The maximum atomic E-state index is 13.0. The van der Waals surface area contributed by atoms with Crippen LogP contribution in [-0.4, -0.2) is 21.6 Å². The zero-order valence-electron chi connectivity index (χ0n) is 24.8. The van der Waals surface area contributed by atoms with Crippen LogP contribution in [0.4, 0.5) is 11.4 Å². The number of rotatable bonds is 9. The van der Waals surface area contributed by atoms with Crippen molar-refractivity contribution in [1.82, 2.24) is 14.9 Å². The number of halogens is 1. The summed E-state index contributed by atoms with van der Waals surface area (Å²) in [7, 11) is 1.73. The molecule has 2 heterocycles. The van der Waals surface area contributed by atoms with Gasteiger partial charge in [0, 0.05) is 54.2 Å². The Balaban J connectivity index is 1.48. The molecule has 4 N–H and O–H groups in total. The molecule has 43 heavy (non-hydrogen) atoms. The smallest absolute Gasteiger partial charge is 0.258 e. The molecular weight excluding hydrogens is 560 g/mol. The van der Waals surface area contributed by atoms with E-state index in [0.29, 0.717) is 50.5 Å². The van der Waals surface area contributed by atoms with Gasteiger partial charge in [0.1, 0.15) is 11.8 Å². The maximum Gasteiger partial charge on any atom is 0.258 e. The predicted molar refractivity (Wildman–Crippen MR) is 171 cm³/mol. The molecule has 0 aliphatic heterocycles. The van der Waals surface area contributed by atoms with Gasteiger partial charge in [0.25, 0.3) is 5.56 Å². The zero-order chi connectivity index (χ0) is 30.5. The highest BCUT2D eigenvalue weighted by atomic mass is 35.5. The summed E-state index contributed by atoms with van der Waals surface area (Å²) in [6.45, 7) is 7.01. The molecule has 0 unspecified atom stereocenters. The first kappa shape index (κ1) is 28.7. The fourth-order valence-corrected chi connectivity index (χ4v) is 6.43. The minimum atomic E-state index is -0.584. The van der Waals surface area contributed by atoms with Gasteiger partial charge < -0.3 is 20.5 Å². The van der Waals surface area contributed by atoms with Crippen LogP contribution in [0, 0.1) is 28.2 Å². The van der Waals surface area contributed by atoms with Gasteiger partial charge in [-0.25, -0.2) is 5.53 Å². The third-order valence-electron chi connectivity index (χ3n) is 8.61. The molecule has 2 aromatic carbocycles. The van der Waals surface area contributed by atoms with E-state index < -0.39 is 6.04 Å². The van der Waals surface area contributed by atoms with E-state index in [1.54, 1.807) is 30.1 Å². The summed E-state index contributed by atoms with van der Waals surface area (Å²) in [6.07, 6.45) is 8.54. The van der Waals surface area contributed by atoms with Crippen molar-refractivity contribution in [3.63, 3.8) is 0 Å². The monoisotopic (exact) mass is 594 g/mol. The van der Waals surface area contributed by atoms with Gasteiger partial charge in [0.05, 0.1) is 27.8 Å². The van der Waals surface area contributed by atoms with Crippen LogP contribution in [0.15, 0.2) is 70.6 Å². The Labute approximate surface area is 255 Å². The molecule has 220 valence electrons. The van der Waals surface area contributed by atoms with Gasteiger partial charge in [-0.1, -0.05) is 44.5 Å². The van der Waals surface area contributed by atoms with Gasteiger partial charge in [-0.15, -0.1) is 0 Å². The minimum absolute atomic E-state index is 0.0266. The first-order valence-corrected chi connectivity index (χ1v) is 14.8. The number of anilines is 2. The number of nitrogens with zero attached hydrogens (tertiary/aromatic N) is 4. The Kier molecular flexibility index (Phi) is 7.13. The Bertz CT molecular complexity index is 1880. The molecule has 0 spiro atoms. The second-order valence-corrected chi connectivity index (χ2v) is 13.5. The maximum absolute atomic E-state index is 13.0. The van der Waals surface area contributed by atoms with Crippen LogP contribution >= 0.6 is 11.6 Å². The number of benzene rings is 2. The molecule has 0 amide bonds. The van der Waals surface area contributed by atoms with Crippen LogP contribution in [0.1, 0.15) is 57.2 Å². The normalized spacial score (nSPS) is 20.1. The second-order valence-electron chi connectivity index (χ2n) is 13.1. The first-order valence-electron chi connectivity index (χ1n) is 14.5. The summed E-state index contributed by atoms with van der Waals surface area (Å²) in [5.41, 5.74) is 11.8. The second kappa shape index (κ2) is 10.7. The van der Waals surface area contributed by atoms with E-state index in [9.17, 15) is 10.1 Å². The third-order valence-corrected chi connectivity index (χ3v) is 8.90. The van der Waals surface area contributed by atoms with E-state index in [1.165, 1.54) is 0 Å². The average Bonchev–Trinajstić information content (AvgIpc) is 2.92. The standard InChI is InChI=1S/C33H35ClN8O/c1-32(2,3)18-38-28-20(15-35)16-37-29-25(28)10-21(11-26(29)34)40-30(27(41-36)17-39-33-12-19(13-33)14-33)23-6-5-7-24-22(23)8-9-42(4)31(24)43/h5-11,16-17,19,30,36,39-40H,12-14,18H2,1-4H3,(H,37,38)/b27-17-,41-36?/t19?,30-,33?/m0/s1. The molecule has 2 bridgehead atoms. The molecule has 3 aliphatic carbocycles. The molecule has 3 fully saturated rings. The Morgan fingerprint density at radius 2 is 2.02 bits per heavy atom. The molecule has 0 radical (unpaired) electrons.